The zero-order chi connectivity index (χ0) is 16.8. The van der Waals surface area contributed by atoms with E-state index in [1.807, 2.05) is 0 Å². The van der Waals surface area contributed by atoms with Gasteiger partial charge in [0.25, 0.3) is 0 Å². The van der Waals surface area contributed by atoms with Crippen molar-refractivity contribution in [1.29, 1.82) is 0 Å². The summed E-state index contributed by atoms with van der Waals surface area (Å²) < 4.78 is 0. The van der Waals surface area contributed by atoms with Crippen molar-refractivity contribution >= 4 is 11.4 Å². The SMILES string of the molecule is C=C(c1ccc(C)cc1)c1cc2c(cc1C)C(C)(C)CCC2=O. The lowest BCUT2D eigenvalue weighted by Gasteiger charge is -2.32. The number of hydrogen-bond donors (Lipinski definition) is 0. The van der Waals surface area contributed by atoms with Crippen LogP contribution in [-0.4, -0.2) is 5.78 Å². The number of Topliss-reactive ketones (excluding diaryl/α,β-unsaturated/α-hetero) is 1. The number of rotatable bonds is 2. The summed E-state index contributed by atoms with van der Waals surface area (Å²) in [6, 6.07) is 12.7. The third kappa shape index (κ3) is 2.76. The Bertz CT molecular complexity index is 791. The van der Waals surface area contributed by atoms with Crippen molar-refractivity contribution < 1.29 is 4.79 Å². The quantitative estimate of drug-likeness (QED) is 0.704. The van der Waals surface area contributed by atoms with Gasteiger partial charge in [-0.15, -0.1) is 0 Å². The molecule has 1 heteroatoms. The first-order valence-corrected chi connectivity index (χ1v) is 8.24. The molecule has 2 aromatic rings. The molecular formula is C22H24O. The number of carbonyl (C=O) groups is 1. The van der Waals surface area contributed by atoms with E-state index in [-0.39, 0.29) is 11.2 Å². The second-order valence-electron chi connectivity index (χ2n) is 7.36. The van der Waals surface area contributed by atoms with Gasteiger partial charge in [-0.2, -0.15) is 0 Å². The molecule has 0 bridgehead atoms. The molecule has 0 saturated heterocycles. The van der Waals surface area contributed by atoms with Crippen LogP contribution in [0.5, 0.6) is 0 Å². The van der Waals surface area contributed by atoms with Crippen molar-refractivity contribution in [2.45, 2.75) is 46.0 Å². The summed E-state index contributed by atoms with van der Waals surface area (Å²) >= 11 is 0. The Morgan fingerprint density at radius 1 is 1.09 bits per heavy atom. The van der Waals surface area contributed by atoms with Crippen LogP contribution in [0, 0.1) is 13.8 Å². The van der Waals surface area contributed by atoms with E-state index >= 15 is 0 Å². The second-order valence-corrected chi connectivity index (χ2v) is 7.36. The monoisotopic (exact) mass is 304 g/mol. The number of benzene rings is 2. The van der Waals surface area contributed by atoms with Gasteiger partial charge in [0.05, 0.1) is 0 Å². The lowest BCUT2D eigenvalue weighted by atomic mass is 9.71. The van der Waals surface area contributed by atoms with Crippen LogP contribution in [0.15, 0.2) is 43.0 Å². The average Bonchev–Trinajstić information content (AvgIpc) is 2.51. The Kier molecular flexibility index (Phi) is 3.75. The maximum atomic E-state index is 12.4. The Labute approximate surface area is 139 Å². The fourth-order valence-corrected chi connectivity index (χ4v) is 3.43. The molecule has 0 unspecified atom stereocenters. The molecule has 3 rings (SSSR count). The van der Waals surface area contributed by atoms with Crippen LogP contribution < -0.4 is 0 Å². The van der Waals surface area contributed by atoms with E-state index in [2.05, 4.69) is 70.7 Å². The first kappa shape index (κ1) is 15.7. The smallest absolute Gasteiger partial charge is 0.163 e. The molecule has 0 fully saturated rings. The average molecular weight is 304 g/mol. The first-order valence-electron chi connectivity index (χ1n) is 8.24. The van der Waals surface area contributed by atoms with Crippen molar-refractivity contribution in [3.8, 4) is 0 Å². The molecule has 1 nitrogen and oxygen atoms in total. The van der Waals surface area contributed by atoms with Gasteiger partial charge in [0, 0.05) is 12.0 Å². The van der Waals surface area contributed by atoms with E-state index in [0.717, 1.165) is 28.7 Å². The maximum Gasteiger partial charge on any atom is 0.163 e. The van der Waals surface area contributed by atoms with Crippen molar-refractivity contribution in [2.75, 3.05) is 0 Å². The van der Waals surface area contributed by atoms with E-state index in [9.17, 15) is 4.79 Å². The van der Waals surface area contributed by atoms with E-state index in [0.29, 0.717) is 6.42 Å². The van der Waals surface area contributed by atoms with Gasteiger partial charge in [-0.25, -0.2) is 0 Å². The number of aryl methyl sites for hydroxylation is 2. The normalized spacial score (nSPS) is 16.1. The first-order chi connectivity index (χ1) is 10.8. The van der Waals surface area contributed by atoms with Crippen LogP contribution in [-0.2, 0) is 5.41 Å². The summed E-state index contributed by atoms with van der Waals surface area (Å²) in [6.07, 6.45) is 1.57. The largest absolute Gasteiger partial charge is 0.294 e. The molecule has 2 aromatic carbocycles. The Balaban J connectivity index is 2.11. The van der Waals surface area contributed by atoms with Crippen LogP contribution in [0.3, 0.4) is 0 Å². The number of fused-ring (bicyclic) bond motifs is 1. The van der Waals surface area contributed by atoms with Crippen molar-refractivity contribution in [1.82, 2.24) is 0 Å². The van der Waals surface area contributed by atoms with E-state index in [1.165, 1.54) is 16.7 Å². The summed E-state index contributed by atoms with van der Waals surface area (Å²) in [5.74, 6) is 0.261. The zero-order valence-electron chi connectivity index (χ0n) is 14.5. The van der Waals surface area contributed by atoms with Gasteiger partial charge < -0.3 is 0 Å². The minimum absolute atomic E-state index is 0.0672. The minimum atomic E-state index is 0.0672. The van der Waals surface area contributed by atoms with Gasteiger partial charge in [-0.1, -0.05) is 56.3 Å². The van der Waals surface area contributed by atoms with Crippen LogP contribution in [0.25, 0.3) is 5.57 Å². The highest BCUT2D eigenvalue weighted by Gasteiger charge is 2.32. The van der Waals surface area contributed by atoms with Gasteiger partial charge in [0.15, 0.2) is 5.78 Å². The second kappa shape index (κ2) is 5.49. The topological polar surface area (TPSA) is 17.1 Å². The molecule has 23 heavy (non-hydrogen) atoms. The van der Waals surface area contributed by atoms with Gasteiger partial charge in [-0.3, -0.25) is 4.79 Å². The molecule has 0 radical (unpaired) electrons. The number of carbonyl (C=O) groups excluding carboxylic acids is 1. The van der Waals surface area contributed by atoms with Crippen LogP contribution in [0.1, 0.15) is 64.9 Å². The molecule has 1 aliphatic carbocycles. The molecule has 0 heterocycles. The molecule has 118 valence electrons. The van der Waals surface area contributed by atoms with Gasteiger partial charge >= 0.3 is 0 Å². The Hall–Kier alpha value is -2.15. The standard InChI is InChI=1S/C22H24O/c1-14-6-8-17(9-7-14)16(3)18-13-19-20(12-15(18)2)22(4,5)11-10-21(19)23/h6-9,12-13H,3,10-11H2,1-2,4-5H3. The van der Waals surface area contributed by atoms with Crippen LogP contribution in [0.4, 0.5) is 0 Å². The molecule has 0 N–H and O–H groups in total. The third-order valence-electron chi connectivity index (χ3n) is 5.10. The predicted octanol–water partition coefficient (Wildman–Crippen LogP) is 5.62. The highest BCUT2D eigenvalue weighted by molar-refractivity contribution is 6.00. The molecule has 0 aromatic heterocycles. The molecule has 0 aliphatic heterocycles. The lowest BCUT2D eigenvalue weighted by molar-refractivity contribution is 0.0956. The predicted molar refractivity (Wildman–Crippen MR) is 97.1 cm³/mol. The molecule has 1 aliphatic rings. The number of hydrogen-bond acceptors (Lipinski definition) is 1. The van der Waals surface area contributed by atoms with Gasteiger partial charge in [0.2, 0.25) is 0 Å². The molecule has 0 amide bonds. The van der Waals surface area contributed by atoms with Gasteiger partial charge in [-0.05, 0) is 59.6 Å². The van der Waals surface area contributed by atoms with Crippen LogP contribution in [0.2, 0.25) is 0 Å². The molecule has 0 atom stereocenters. The Morgan fingerprint density at radius 2 is 1.74 bits per heavy atom. The fourth-order valence-electron chi connectivity index (χ4n) is 3.43. The van der Waals surface area contributed by atoms with E-state index in [4.69, 9.17) is 0 Å². The minimum Gasteiger partial charge on any atom is -0.294 e. The van der Waals surface area contributed by atoms with Crippen LogP contribution >= 0.6 is 0 Å². The summed E-state index contributed by atoms with van der Waals surface area (Å²) in [5.41, 5.74) is 7.75. The summed E-state index contributed by atoms with van der Waals surface area (Å²) in [5, 5.41) is 0. The summed E-state index contributed by atoms with van der Waals surface area (Å²) in [4.78, 5) is 12.4. The third-order valence-corrected chi connectivity index (χ3v) is 5.10. The fraction of sp³-hybridized carbons (Fsp3) is 0.318. The van der Waals surface area contributed by atoms with E-state index in [1.54, 1.807) is 0 Å². The van der Waals surface area contributed by atoms with Crippen molar-refractivity contribution in [3.63, 3.8) is 0 Å². The van der Waals surface area contributed by atoms with E-state index < -0.39 is 0 Å². The molecule has 0 spiro atoms. The lowest BCUT2D eigenvalue weighted by Crippen LogP contribution is -2.27. The maximum absolute atomic E-state index is 12.4. The van der Waals surface area contributed by atoms with Crippen molar-refractivity contribution in [3.05, 3.63) is 76.4 Å². The number of ketones is 1. The molecule has 0 saturated carbocycles. The zero-order valence-corrected chi connectivity index (χ0v) is 14.5. The molecular weight excluding hydrogens is 280 g/mol. The summed E-state index contributed by atoms with van der Waals surface area (Å²) in [7, 11) is 0. The van der Waals surface area contributed by atoms with Gasteiger partial charge in [0.1, 0.15) is 0 Å². The van der Waals surface area contributed by atoms with Crippen molar-refractivity contribution in [2.24, 2.45) is 0 Å². The summed E-state index contributed by atoms with van der Waals surface area (Å²) in [6.45, 7) is 12.9. The Morgan fingerprint density at radius 3 is 2.39 bits per heavy atom. The highest BCUT2D eigenvalue weighted by atomic mass is 16.1. The highest BCUT2D eigenvalue weighted by Crippen LogP contribution is 2.39.